The van der Waals surface area contributed by atoms with Crippen LogP contribution in [0.3, 0.4) is 0 Å². The molecule has 2 heterocycles. The van der Waals surface area contributed by atoms with Gasteiger partial charge in [-0.3, -0.25) is 10.0 Å². The largest absolute Gasteiger partial charge is 0.491 e. The Bertz CT molecular complexity index is 1260. The smallest absolute Gasteiger partial charge is 0.343 e. The number of benzene rings is 2. The molecule has 0 atom stereocenters. The van der Waals surface area contributed by atoms with Crippen molar-refractivity contribution in [1.29, 1.82) is 0 Å². The first-order valence-corrected chi connectivity index (χ1v) is 12.5. The molecular formula is C28H33N3O7. The van der Waals surface area contributed by atoms with E-state index in [1.165, 1.54) is 19.1 Å². The molecule has 1 saturated heterocycles. The summed E-state index contributed by atoms with van der Waals surface area (Å²) >= 11 is 0. The number of rotatable bonds is 7. The van der Waals surface area contributed by atoms with E-state index in [4.69, 9.17) is 18.9 Å². The monoisotopic (exact) mass is 523 g/mol. The first kappa shape index (κ1) is 27.2. The maximum absolute atomic E-state index is 13.2. The van der Waals surface area contributed by atoms with Crippen LogP contribution in [0.1, 0.15) is 38.1 Å². The number of aliphatic hydroxyl groups excluding tert-OH is 1. The molecule has 2 N–H and O–H groups in total. The van der Waals surface area contributed by atoms with Crippen LogP contribution in [0.25, 0.3) is 22.6 Å². The second kappa shape index (κ2) is 11.2. The SMILES string of the molecule is COC(=O)C1(c2nc(-c3ccc(OC(C)C)cc3)c(-c3ccc(CO)cc3)o2)CCN(C(=O)N(C)O)CC1. The van der Waals surface area contributed by atoms with Crippen molar-refractivity contribution < 1.29 is 33.8 Å². The molecule has 1 aliphatic heterocycles. The molecule has 1 aromatic heterocycles. The number of carbonyl (C=O) groups excluding carboxylic acids is 2. The summed E-state index contributed by atoms with van der Waals surface area (Å²) in [4.78, 5) is 31.8. The minimum absolute atomic E-state index is 0.0309. The molecule has 10 nitrogen and oxygen atoms in total. The van der Waals surface area contributed by atoms with Crippen LogP contribution in [0.5, 0.6) is 5.75 Å². The van der Waals surface area contributed by atoms with Crippen LogP contribution in [0.2, 0.25) is 0 Å². The number of likely N-dealkylation sites (tertiary alicyclic amines) is 1. The number of urea groups is 1. The molecule has 10 heteroatoms. The van der Waals surface area contributed by atoms with E-state index >= 15 is 0 Å². The number of nitrogens with zero attached hydrogens (tertiary/aromatic N) is 3. The number of hydrogen-bond acceptors (Lipinski definition) is 8. The Hall–Kier alpha value is -3.89. The lowest BCUT2D eigenvalue weighted by Gasteiger charge is -2.38. The maximum atomic E-state index is 13.2. The molecule has 38 heavy (non-hydrogen) atoms. The predicted octanol–water partition coefficient (Wildman–Crippen LogP) is 4.24. The first-order chi connectivity index (χ1) is 18.2. The fourth-order valence-electron chi connectivity index (χ4n) is 4.63. The first-order valence-electron chi connectivity index (χ1n) is 12.5. The topological polar surface area (TPSA) is 126 Å². The van der Waals surface area contributed by atoms with E-state index in [-0.39, 0.29) is 44.5 Å². The molecule has 4 rings (SSSR count). The van der Waals surface area contributed by atoms with Gasteiger partial charge in [0.05, 0.1) is 19.8 Å². The minimum Gasteiger partial charge on any atom is -0.491 e. The zero-order valence-corrected chi connectivity index (χ0v) is 22.0. The van der Waals surface area contributed by atoms with Crippen LogP contribution < -0.4 is 4.74 Å². The average molecular weight is 524 g/mol. The average Bonchev–Trinajstić information content (AvgIpc) is 3.38. The van der Waals surface area contributed by atoms with Crippen LogP contribution in [0.15, 0.2) is 52.9 Å². The number of methoxy groups -OCH3 is 1. The van der Waals surface area contributed by atoms with Crippen molar-refractivity contribution in [2.75, 3.05) is 27.2 Å². The lowest BCUT2D eigenvalue weighted by molar-refractivity contribution is -0.150. The van der Waals surface area contributed by atoms with Gasteiger partial charge in [-0.2, -0.15) is 0 Å². The summed E-state index contributed by atoms with van der Waals surface area (Å²) in [5.74, 6) is 0.891. The molecule has 1 aliphatic rings. The van der Waals surface area contributed by atoms with Gasteiger partial charge in [0.2, 0.25) is 5.89 Å². The van der Waals surface area contributed by atoms with Gasteiger partial charge in [0.15, 0.2) is 5.76 Å². The van der Waals surface area contributed by atoms with Gasteiger partial charge in [-0.05, 0) is 56.5 Å². The minimum atomic E-state index is -1.21. The van der Waals surface area contributed by atoms with Gasteiger partial charge < -0.3 is 23.9 Å². The number of aromatic nitrogens is 1. The van der Waals surface area contributed by atoms with Crippen LogP contribution in [0, 0.1) is 0 Å². The molecule has 3 aromatic rings. The lowest BCUT2D eigenvalue weighted by Crippen LogP contribution is -2.51. The summed E-state index contributed by atoms with van der Waals surface area (Å²) in [7, 11) is 2.58. The summed E-state index contributed by atoms with van der Waals surface area (Å²) in [5, 5.41) is 19.6. The third-order valence-corrected chi connectivity index (χ3v) is 6.68. The Morgan fingerprint density at radius 2 is 1.68 bits per heavy atom. The Labute approximate surface area is 221 Å². The highest BCUT2D eigenvalue weighted by atomic mass is 16.5. The van der Waals surface area contributed by atoms with Crippen LogP contribution in [-0.4, -0.2) is 70.6 Å². The molecule has 1 fully saturated rings. The van der Waals surface area contributed by atoms with E-state index in [2.05, 4.69) is 0 Å². The third-order valence-electron chi connectivity index (χ3n) is 6.68. The summed E-state index contributed by atoms with van der Waals surface area (Å²) in [6.07, 6.45) is 0.454. The molecule has 2 amide bonds. The predicted molar refractivity (Wildman–Crippen MR) is 139 cm³/mol. The van der Waals surface area contributed by atoms with E-state index < -0.39 is 17.4 Å². The zero-order chi connectivity index (χ0) is 27.4. The van der Waals surface area contributed by atoms with Crippen molar-refractivity contribution in [2.45, 2.75) is 44.8 Å². The second-order valence-electron chi connectivity index (χ2n) is 9.61. The van der Waals surface area contributed by atoms with Crippen molar-refractivity contribution in [3.8, 4) is 28.3 Å². The van der Waals surface area contributed by atoms with Gasteiger partial charge in [-0.15, -0.1) is 0 Å². The zero-order valence-electron chi connectivity index (χ0n) is 22.0. The quantitative estimate of drug-likeness (QED) is 0.268. The molecule has 0 bridgehead atoms. The van der Waals surface area contributed by atoms with Gasteiger partial charge in [0.1, 0.15) is 16.9 Å². The Morgan fingerprint density at radius 1 is 1.08 bits per heavy atom. The normalized spacial score (nSPS) is 14.9. The highest BCUT2D eigenvalue weighted by Gasteiger charge is 2.49. The second-order valence-corrected chi connectivity index (χ2v) is 9.61. The lowest BCUT2D eigenvalue weighted by atomic mass is 9.78. The number of ether oxygens (including phenoxy) is 2. The Morgan fingerprint density at radius 3 is 2.21 bits per heavy atom. The van der Waals surface area contributed by atoms with Gasteiger partial charge >= 0.3 is 12.0 Å². The molecule has 0 unspecified atom stereocenters. The number of esters is 1. The number of oxazole rings is 1. The van der Waals surface area contributed by atoms with Crippen molar-refractivity contribution >= 4 is 12.0 Å². The van der Waals surface area contributed by atoms with E-state index in [0.29, 0.717) is 16.5 Å². The molecule has 0 aliphatic carbocycles. The molecule has 2 aromatic carbocycles. The summed E-state index contributed by atoms with van der Waals surface area (Å²) in [6.45, 7) is 4.23. The molecule has 0 spiro atoms. The van der Waals surface area contributed by atoms with Crippen molar-refractivity contribution in [3.63, 3.8) is 0 Å². The summed E-state index contributed by atoms with van der Waals surface area (Å²) < 4.78 is 17.3. The van der Waals surface area contributed by atoms with Crippen molar-refractivity contribution in [1.82, 2.24) is 14.9 Å². The molecule has 0 radical (unpaired) electrons. The standard InChI is InChI=1S/C28H33N3O7/c1-18(2)37-22-11-9-20(10-12-22)23-24(21-7-5-19(17-32)6-8-21)38-25(29-23)28(26(33)36-4)13-15-31(16-14-28)27(34)30(3)35/h5-12,18,32,35H,13-17H2,1-4H3. The number of aliphatic hydroxyl groups is 1. The molecular weight excluding hydrogens is 490 g/mol. The van der Waals surface area contributed by atoms with Crippen molar-refractivity contribution in [2.24, 2.45) is 0 Å². The number of amides is 2. The summed E-state index contributed by atoms with van der Waals surface area (Å²) in [5.41, 5.74) is 1.59. The maximum Gasteiger partial charge on any atom is 0.343 e. The Balaban J connectivity index is 1.79. The van der Waals surface area contributed by atoms with Gasteiger partial charge in [0.25, 0.3) is 0 Å². The highest BCUT2D eigenvalue weighted by Crippen LogP contribution is 2.42. The Kier molecular flexibility index (Phi) is 8.03. The number of piperidine rings is 1. The fourth-order valence-corrected chi connectivity index (χ4v) is 4.63. The van der Waals surface area contributed by atoms with Crippen LogP contribution in [0.4, 0.5) is 4.79 Å². The van der Waals surface area contributed by atoms with E-state index in [9.17, 15) is 19.9 Å². The van der Waals surface area contributed by atoms with E-state index in [1.807, 2.05) is 50.2 Å². The number of hydroxylamine groups is 2. The van der Waals surface area contributed by atoms with Gasteiger partial charge in [-0.25, -0.2) is 14.8 Å². The molecule has 202 valence electrons. The molecule has 0 saturated carbocycles. The summed E-state index contributed by atoms with van der Waals surface area (Å²) in [6, 6.07) is 14.2. The van der Waals surface area contributed by atoms with Crippen LogP contribution in [-0.2, 0) is 21.6 Å². The van der Waals surface area contributed by atoms with Crippen LogP contribution >= 0.6 is 0 Å². The number of carbonyl (C=O) groups is 2. The van der Waals surface area contributed by atoms with Gasteiger partial charge in [-0.1, -0.05) is 24.3 Å². The van der Waals surface area contributed by atoms with E-state index in [0.717, 1.165) is 22.4 Å². The fraction of sp³-hybridized carbons (Fsp3) is 0.393. The van der Waals surface area contributed by atoms with Gasteiger partial charge in [0, 0.05) is 31.3 Å². The van der Waals surface area contributed by atoms with E-state index in [1.54, 1.807) is 12.1 Å². The highest BCUT2D eigenvalue weighted by molar-refractivity contribution is 5.84. The number of hydrogen-bond donors (Lipinski definition) is 2. The third kappa shape index (κ3) is 5.36. The van der Waals surface area contributed by atoms with Crippen molar-refractivity contribution in [3.05, 3.63) is 60.0 Å².